The Morgan fingerprint density at radius 1 is 1.64 bits per heavy atom. The van der Waals surface area contributed by atoms with Crippen molar-refractivity contribution >= 4 is 51.1 Å². The first-order valence-electron chi connectivity index (χ1n) is 6.17. The molecule has 0 saturated carbocycles. The second-order valence-electron chi connectivity index (χ2n) is 3.99. The van der Waals surface area contributed by atoms with Crippen LogP contribution in [0, 0.1) is 0 Å². The summed E-state index contributed by atoms with van der Waals surface area (Å²) in [5, 5.41) is 5.59. The van der Waals surface area contributed by atoms with Crippen LogP contribution >= 0.6 is 34.2 Å². The molecule has 9 nitrogen and oxygen atoms in total. The Labute approximate surface area is 138 Å². The summed E-state index contributed by atoms with van der Waals surface area (Å²) >= 11 is 1.69. The van der Waals surface area contributed by atoms with Crippen LogP contribution in [0.1, 0.15) is 5.69 Å². The lowest BCUT2D eigenvalue weighted by Gasteiger charge is -1.98. The fourth-order valence-corrected chi connectivity index (χ4v) is 3.59. The number of anilines is 2. The number of aromatic amines is 1. The molecule has 0 bridgehead atoms. The molecule has 0 amide bonds. The molecule has 22 heavy (non-hydrogen) atoms. The fourth-order valence-electron chi connectivity index (χ4n) is 1.40. The van der Waals surface area contributed by atoms with Gasteiger partial charge in [-0.2, -0.15) is 11.8 Å². The van der Waals surface area contributed by atoms with Crippen LogP contribution in [0.15, 0.2) is 15.4 Å². The number of nitrogens with one attached hydrogen (secondary N) is 2. The maximum Gasteiger partial charge on any atom is 0.229 e. The van der Waals surface area contributed by atoms with Crippen LogP contribution < -0.4 is 22.3 Å². The Morgan fingerprint density at radius 3 is 3.14 bits per heavy atom. The Balaban J connectivity index is 1.75. The SMILES string of the molecule is CN=C(N)Nc1nc(CSCCN=c2[nH][s+]([O-])nc2N)cs1. The Bertz CT molecular complexity index is 703. The van der Waals surface area contributed by atoms with E-state index >= 15 is 0 Å². The Kier molecular flexibility index (Phi) is 6.18. The monoisotopic (exact) mass is 360 g/mol. The highest BCUT2D eigenvalue weighted by Crippen LogP contribution is 2.19. The van der Waals surface area contributed by atoms with E-state index in [0.717, 1.165) is 22.3 Å². The van der Waals surface area contributed by atoms with Crippen molar-refractivity contribution in [1.29, 1.82) is 0 Å². The zero-order chi connectivity index (χ0) is 15.9. The molecule has 0 saturated heterocycles. The molecule has 12 heteroatoms. The second kappa shape index (κ2) is 8.12. The van der Waals surface area contributed by atoms with Crippen molar-refractivity contribution in [2.24, 2.45) is 15.7 Å². The number of aliphatic imine (C=N–C) groups is 1. The van der Waals surface area contributed by atoms with Crippen molar-refractivity contribution in [1.82, 2.24) is 13.7 Å². The predicted octanol–water partition coefficient (Wildman–Crippen LogP) is 0.367. The van der Waals surface area contributed by atoms with E-state index in [4.69, 9.17) is 11.5 Å². The van der Waals surface area contributed by atoms with Crippen LogP contribution in [0.3, 0.4) is 0 Å². The first kappa shape index (κ1) is 16.7. The molecule has 1 atom stereocenters. The molecule has 2 heterocycles. The minimum absolute atomic E-state index is 0.189. The van der Waals surface area contributed by atoms with E-state index in [1.807, 2.05) is 5.38 Å². The van der Waals surface area contributed by atoms with E-state index in [9.17, 15) is 4.55 Å². The van der Waals surface area contributed by atoms with Gasteiger partial charge >= 0.3 is 0 Å². The van der Waals surface area contributed by atoms with Gasteiger partial charge in [0.25, 0.3) is 0 Å². The van der Waals surface area contributed by atoms with E-state index in [-0.39, 0.29) is 5.82 Å². The highest BCUT2D eigenvalue weighted by molar-refractivity contribution is 7.98. The lowest BCUT2D eigenvalue weighted by Crippen LogP contribution is -2.21. The largest absolute Gasteiger partial charge is 0.548 e. The number of hydrogen-bond donors (Lipinski definition) is 4. The number of hydrogen-bond acceptors (Lipinski definition) is 8. The smallest absolute Gasteiger partial charge is 0.229 e. The molecule has 0 aliphatic rings. The normalized spacial score (nSPS) is 13.6. The standard InChI is InChI=1S/C10H16N8OS3/c1-13-9(12)16-10-15-6(5-21-10)4-20-3-2-14-8-7(11)17-22(19)18-8/h5H,2-4H2,1H3,(H2,11,17)(H,14,18)(H3,12,13,15,16). The molecule has 2 aromatic rings. The minimum atomic E-state index is -1.48. The molecule has 0 radical (unpaired) electrons. The lowest BCUT2D eigenvalue weighted by molar-refractivity contribution is 0.584. The van der Waals surface area contributed by atoms with Crippen molar-refractivity contribution < 1.29 is 4.55 Å². The van der Waals surface area contributed by atoms with Gasteiger partial charge in [0.15, 0.2) is 22.2 Å². The molecule has 0 spiro atoms. The molecule has 1 unspecified atom stereocenters. The molecular weight excluding hydrogens is 344 g/mol. The second-order valence-corrected chi connectivity index (χ2v) is 6.84. The molecule has 0 fully saturated rings. The average Bonchev–Trinajstić information content (AvgIpc) is 3.05. The summed E-state index contributed by atoms with van der Waals surface area (Å²) in [5.41, 5.74) is 12.5. The predicted molar refractivity (Wildman–Crippen MR) is 91.5 cm³/mol. The third-order valence-electron chi connectivity index (χ3n) is 2.39. The summed E-state index contributed by atoms with van der Waals surface area (Å²) in [6, 6.07) is 0. The first-order valence-corrected chi connectivity index (χ1v) is 9.31. The van der Waals surface area contributed by atoms with Gasteiger partial charge in [0.2, 0.25) is 11.3 Å². The molecule has 2 rings (SSSR count). The number of thiazole rings is 1. The summed E-state index contributed by atoms with van der Waals surface area (Å²) in [4.78, 5) is 12.4. The van der Waals surface area contributed by atoms with Crippen LogP contribution in [0.4, 0.5) is 10.9 Å². The van der Waals surface area contributed by atoms with Crippen molar-refractivity contribution in [2.75, 3.05) is 30.4 Å². The number of guanidine groups is 1. The maximum atomic E-state index is 11.1. The van der Waals surface area contributed by atoms with Gasteiger partial charge in [-0.3, -0.25) is 9.98 Å². The first-order chi connectivity index (χ1) is 10.6. The molecule has 0 aromatic carbocycles. The van der Waals surface area contributed by atoms with E-state index in [1.165, 1.54) is 11.3 Å². The van der Waals surface area contributed by atoms with Crippen molar-refractivity contribution in [3.63, 3.8) is 0 Å². The number of aromatic nitrogens is 3. The molecule has 2 aromatic heterocycles. The third kappa shape index (κ3) is 4.98. The van der Waals surface area contributed by atoms with Crippen LogP contribution in [0.5, 0.6) is 0 Å². The average molecular weight is 360 g/mol. The highest BCUT2D eigenvalue weighted by atomic mass is 32.2. The molecule has 0 aliphatic heterocycles. The Hall–Kier alpha value is -1.63. The summed E-state index contributed by atoms with van der Waals surface area (Å²) in [6.07, 6.45) is 0. The summed E-state index contributed by atoms with van der Waals surface area (Å²) in [6.45, 7) is 0.561. The molecule has 0 aliphatic carbocycles. The van der Waals surface area contributed by atoms with Crippen LogP contribution in [-0.2, 0) is 5.75 Å². The molecule has 6 N–H and O–H groups in total. The lowest BCUT2D eigenvalue weighted by atomic mass is 10.6. The summed E-state index contributed by atoms with van der Waals surface area (Å²) in [7, 11) is 1.61. The van der Waals surface area contributed by atoms with Crippen LogP contribution in [-0.4, -0.2) is 43.6 Å². The van der Waals surface area contributed by atoms with Gasteiger partial charge in [0.1, 0.15) is 0 Å². The highest BCUT2D eigenvalue weighted by Gasteiger charge is 2.04. The van der Waals surface area contributed by atoms with Crippen molar-refractivity contribution in [2.45, 2.75) is 5.75 Å². The molecular formula is C10H16N8OS3. The van der Waals surface area contributed by atoms with Gasteiger partial charge in [-0.25, -0.2) is 4.98 Å². The van der Waals surface area contributed by atoms with E-state index in [1.54, 1.807) is 18.8 Å². The van der Waals surface area contributed by atoms with Gasteiger partial charge in [-0.05, 0) is 0 Å². The quantitative estimate of drug-likeness (QED) is 0.251. The van der Waals surface area contributed by atoms with Gasteiger partial charge in [0, 0.05) is 28.3 Å². The number of rotatable bonds is 6. The summed E-state index contributed by atoms with van der Waals surface area (Å²) < 4.78 is 17.3. The number of H-pyrrole nitrogens is 1. The van der Waals surface area contributed by atoms with Gasteiger partial charge in [0.05, 0.1) is 12.2 Å². The van der Waals surface area contributed by atoms with E-state index in [0.29, 0.717) is 18.0 Å². The van der Waals surface area contributed by atoms with Crippen molar-refractivity contribution in [3.8, 4) is 0 Å². The zero-order valence-corrected chi connectivity index (χ0v) is 14.2. The number of nitrogens with two attached hydrogens (primary N) is 2. The number of thioether (sulfide) groups is 1. The van der Waals surface area contributed by atoms with Crippen molar-refractivity contribution in [3.05, 3.63) is 16.6 Å². The number of nitrogens with zero attached hydrogens (tertiary/aromatic N) is 4. The Morgan fingerprint density at radius 2 is 2.45 bits per heavy atom. The fraction of sp³-hybridized carbons (Fsp3) is 0.400. The number of nitrogen functional groups attached to an aromatic ring is 1. The van der Waals surface area contributed by atoms with Gasteiger partial charge in [-0.1, -0.05) is 0 Å². The third-order valence-corrected chi connectivity index (χ3v) is 4.90. The van der Waals surface area contributed by atoms with E-state index in [2.05, 4.69) is 29.0 Å². The zero-order valence-electron chi connectivity index (χ0n) is 11.8. The van der Waals surface area contributed by atoms with Gasteiger partial charge in [-0.15, -0.1) is 15.7 Å². The maximum absolute atomic E-state index is 11.1. The molecule has 120 valence electrons. The summed E-state index contributed by atoms with van der Waals surface area (Å²) in [5.74, 6) is 2.10. The van der Waals surface area contributed by atoms with Crippen LogP contribution in [0.25, 0.3) is 0 Å². The van der Waals surface area contributed by atoms with Crippen LogP contribution in [0.2, 0.25) is 0 Å². The topological polar surface area (TPSA) is 153 Å². The van der Waals surface area contributed by atoms with Gasteiger partial charge < -0.3 is 21.3 Å². The minimum Gasteiger partial charge on any atom is -0.548 e. The van der Waals surface area contributed by atoms with E-state index < -0.39 is 11.1 Å².